The van der Waals surface area contributed by atoms with Crippen LogP contribution in [0.1, 0.15) is 20.3 Å². The van der Waals surface area contributed by atoms with Crippen LogP contribution in [-0.2, 0) is 0 Å². The average Bonchev–Trinajstić information content (AvgIpc) is 2.76. The van der Waals surface area contributed by atoms with Crippen molar-refractivity contribution in [2.24, 2.45) is 16.3 Å². The third-order valence-corrected chi connectivity index (χ3v) is 4.76. The maximum absolute atomic E-state index is 8.68. The van der Waals surface area contributed by atoms with Gasteiger partial charge < -0.3 is 15.8 Å². The van der Waals surface area contributed by atoms with Gasteiger partial charge in [-0.15, -0.1) is 10.2 Å². The van der Waals surface area contributed by atoms with E-state index >= 15 is 0 Å². The largest absolute Gasteiger partial charge is 0.409 e. The summed E-state index contributed by atoms with van der Waals surface area (Å²) in [5.74, 6) is 1.11. The molecule has 1 rings (SSSR count). The summed E-state index contributed by atoms with van der Waals surface area (Å²) in [4.78, 5) is 1.93. The van der Waals surface area contributed by atoms with Crippen LogP contribution in [0.2, 0.25) is 0 Å². The van der Waals surface area contributed by atoms with Gasteiger partial charge in [0.1, 0.15) is 5.84 Å². The molecule has 0 amide bonds. The number of nitrogens with two attached hydrogens (primary N) is 1. The predicted octanol–water partition coefficient (Wildman–Crippen LogP) is 1.86. The highest BCUT2D eigenvalue weighted by molar-refractivity contribution is 8.01. The summed E-state index contributed by atoms with van der Waals surface area (Å²) in [6.07, 6.45) is 0.810. The Kier molecular flexibility index (Phi) is 5.21. The van der Waals surface area contributed by atoms with Gasteiger partial charge in [-0.05, 0) is 6.42 Å². The molecule has 0 radical (unpaired) electrons. The predicted molar refractivity (Wildman–Crippen MR) is 76.8 cm³/mol. The summed E-state index contributed by atoms with van der Waals surface area (Å²) in [6, 6.07) is 0. The molecule has 0 spiro atoms. The Labute approximate surface area is 115 Å². The SMILES string of the molecule is CN(C)c1nnc(SCCC(C)(C)C(N)=NO)s1. The number of aromatic nitrogens is 2. The molecule has 102 valence electrons. The van der Waals surface area contributed by atoms with E-state index < -0.39 is 0 Å². The summed E-state index contributed by atoms with van der Waals surface area (Å²) in [5, 5.41) is 20.8. The summed E-state index contributed by atoms with van der Waals surface area (Å²) in [7, 11) is 3.88. The van der Waals surface area contributed by atoms with Gasteiger partial charge in [0.05, 0.1) is 0 Å². The first-order valence-corrected chi connectivity index (χ1v) is 7.28. The first-order valence-electron chi connectivity index (χ1n) is 5.48. The van der Waals surface area contributed by atoms with Crippen molar-refractivity contribution in [3.05, 3.63) is 0 Å². The fourth-order valence-electron chi connectivity index (χ4n) is 1.10. The van der Waals surface area contributed by atoms with Gasteiger partial charge in [0, 0.05) is 25.3 Å². The lowest BCUT2D eigenvalue weighted by Crippen LogP contribution is -2.32. The zero-order chi connectivity index (χ0) is 13.8. The van der Waals surface area contributed by atoms with Crippen LogP contribution in [0.5, 0.6) is 0 Å². The molecule has 0 saturated heterocycles. The first-order chi connectivity index (χ1) is 8.36. The van der Waals surface area contributed by atoms with Crippen LogP contribution >= 0.6 is 23.1 Å². The van der Waals surface area contributed by atoms with Crippen LogP contribution in [0.15, 0.2) is 9.50 Å². The second kappa shape index (κ2) is 6.24. The molecule has 1 heterocycles. The standard InChI is InChI=1S/C10H19N5OS2/c1-10(2,7(11)14-16)5-6-17-9-13-12-8(18-9)15(3)4/h16H,5-6H2,1-4H3,(H2,11,14). The second-order valence-corrected chi connectivity index (χ2v) is 7.01. The lowest BCUT2D eigenvalue weighted by molar-refractivity contribution is 0.307. The number of nitrogens with zero attached hydrogens (tertiary/aromatic N) is 4. The molecule has 3 N–H and O–H groups in total. The van der Waals surface area contributed by atoms with Crippen molar-refractivity contribution >= 4 is 34.1 Å². The molecule has 0 bridgehead atoms. The van der Waals surface area contributed by atoms with E-state index in [1.54, 1.807) is 23.1 Å². The number of thioether (sulfide) groups is 1. The minimum atomic E-state index is -0.309. The quantitative estimate of drug-likeness (QED) is 0.273. The monoisotopic (exact) mass is 289 g/mol. The molecule has 0 unspecified atom stereocenters. The third-order valence-electron chi connectivity index (χ3n) is 2.53. The summed E-state index contributed by atoms with van der Waals surface area (Å²) in [6.45, 7) is 3.90. The number of anilines is 1. The highest BCUT2D eigenvalue weighted by Crippen LogP contribution is 2.30. The van der Waals surface area contributed by atoms with Crippen LogP contribution in [0.25, 0.3) is 0 Å². The third kappa shape index (κ3) is 4.02. The van der Waals surface area contributed by atoms with Crippen LogP contribution in [0.4, 0.5) is 5.13 Å². The van der Waals surface area contributed by atoms with Crippen molar-refractivity contribution in [1.82, 2.24) is 10.2 Å². The van der Waals surface area contributed by atoms with Crippen LogP contribution in [0, 0.1) is 5.41 Å². The zero-order valence-electron chi connectivity index (χ0n) is 11.0. The topological polar surface area (TPSA) is 87.6 Å². The maximum Gasteiger partial charge on any atom is 0.208 e. The van der Waals surface area contributed by atoms with E-state index in [-0.39, 0.29) is 11.3 Å². The van der Waals surface area contributed by atoms with Crippen LogP contribution in [-0.4, -0.2) is 41.1 Å². The van der Waals surface area contributed by atoms with Crippen LogP contribution in [0.3, 0.4) is 0 Å². The molecule has 1 aromatic rings. The number of hydrogen-bond donors (Lipinski definition) is 2. The van der Waals surface area contributed by atoms with E-state index in [4.69, 9.17) is 10.9 Å². The van der Waals surface area contributed by atoms with Crippen molar-refractivity contribution in [3.63, 3.8) is 0 Å². The van der Waals surface area contributed by atoms with E-state index in [0.29, 0.717) is 0 Å². The van der Waals surface area contributed by atoms with Crippen molar-refractivity contribution < 1.29 is 5.21 Å². The molecule has 18 heavy (non-hydrogen) atoms. The molecule has 0 aliphatic heterocycles. The molecule has 0 saturated carbocycles. The van der Waals surface area contributed by atoms with Crippen molar-refractivity contribution in [2.75, 3.05) is 24.7 Å². The number of hydrogen-bond acceptors (Lipinski definition) is 7. The molecule has 0 aliphatic carbocycles. The summed E-state index contributed by atoms with van der Waals surface area (Å²) in [5.41, 5.74) is 5.32. The Morgan fingerprint density at radius 1 is 1.50 bits per heavy atom. The van der Waals surface area contributed by atoms with Crippen molar-refractivity contribution in [3.8, 4) is 0 Å². The summed E-state index contributed by atoms with van der Waals surface area (Å²) >= 11 is 3.20. The molecular weight excluding hydrogens is 270 g/mol. The van der Waals surface area contributed by atoms with Crippen molar-refractivity contribution in [1.29, 1.82) is 0 Å². The van der Waals surface area contributed by atoms with Gasteiger partial charge in [-0.25, -0.2) is 0 Å². The van der Waals surface area contributed by atoms with Gasteiger partial charge in [-0.1, -0.05) is 42.1 Å². The Morgan fingerprint density at radius 3 is 2.67 bits per heavy atom. The second-order valence-electron chi connectivity index (χ2n) is 4.71. The number of oxime groups is 1. The molecule has 0 aromatic carbocycles. The smallest absolute Gasteiger partial charge is 0.208 e. The Bertz CT molecular complexity index is 416. The van der Waals surface area contributed by atoms with Crippen molar-refractivity contribution in [2.45, 2.75) is 24.6 Å². The molecule has 8 heteroatoms. The Hall–Kier alpha value is -1.02. The fraction of sp³-hybridized carbons (Fsp3) is 0.700. The lowest BCUT2D eigenvalue weighted by atomic mass is 9.89. The number of rotatable bonds is 6. The van der Waals surface area contributed by atoms with Gasteiger partial charge in [0.15, 0.2) is 4.34 Å². The van der Waals surface area contributed by atoms with Gasteiger partial charge in [-0.3, -0.25) is 0 Å². The summed E-state index contributed by atoms with van der Waals surface area (Å²) < 4.78 is 0.939. The Balaban J connectivity index is 2.46. The molecule has 0 atom stereocenters. The molecule has 6 nitrogen and oxygen atoms in total. The van der Waals surface area contributed by atoms with Crippen LogP contribution < -0.4 is 10.6 Å². The highest BCUT2D eigenvalue weighted by atomic mass is 32.2. The molecule has 0 fully saturated rings. The van der Waals surface area contributed by atoms with E-state index in [2.05, 4.69) is 15.4 Å². The van der Waals surface area contributed by atoms with Gasteiger partial charge in [0.25, 0.3) is 0 Å². The van der Waals surface area contributed by atoms with Gasteiger partial charge in [0.2, 0.25) is 5.13 Å². The van der Waals surface area contributed by atoms with Gasteiger partial charge in [-0.2, -0.15) is 0 Å². The number of amidine groups is 1. The highest BCUT2D eigenvalue weighted by Gasteiger charge is 2.23. The average molecular weight is 289 g/mol. The van der Waals surface area contributed by atoms with E-state index in [1.165, 1.54) is 0 Å². The van der Waals surface area contributed by atoms with E-state index in [9.17, 15) is 0 Å². The van der Waals surface area contributed by atoms with Gasteiger partial charge >= 0.3 is 0 Å². The lowest BCUT2D eigenvalue weighted by Gasteiger charge is -2.21. The van der Waals surface area contributed by atoms with E-state index in [1.807, 2.05) is 32.8 Å². The minimum Gasteiger partial charge on any atom is -0.409 e. The molecular formula is C10H19N5OS2. The minimum absolute atomic E-state index is 0.259. The van der Waals surface area contributed by atoms with E-state index in [0.717, 1.165) is 21.6 Å². The first kappa shape index (κ1) is 15.0. The Morgan fingerprint density at radius 2 is 2.17 bits per heavy atom. The molecule has 1 aromatic heterocycles. The fourth-order valence-corrected chi connectivity index (χ4v) is 3.20. The molecule has 0 aliphatic rings. The normalized spacial score (nSPS) is 12.8. The maximum atomic E-state index is 8.68. The zero-order valence-corrected chi connectivity index (χ0v) is 12.7.